The third-order valence-electron chi connectivity index (χ3n) is 5.69. The number of ether oxygens (including phenoxy) is 1. The molecule has 34 heavy (non-hydrogen) atoms. The molecule has 0 spiro atoms. The number of nitrogens with one attached hydrogen (secondary N) is 1. The molecule has 0 saturated heterocycles. The zero-order chi connectivity index (χ0) is 24.6. The molecule has 0 atom stereocenters. The predicted molar refractivity (Wildman–Crippen MR) is 131 cm³/mol. The molecule has 6 nitrogen and oxygen atoms in total. The molecule has 0 unspecified atom stereocenters. The van der Waals surface area contributed by atoms with Gasteiger partial charge in [-0.1, -0.05) is 17.7 Å². The highest BCUT2D eigenvalue weighted by Gasteiger charge is 2.24. The third-order valence-corrected chi connectivity index (χ3v) is 7.07. The van der Waals surface area contributed by atoms with Crippen LogP contribution in [0.5, 0.6) is 0 Å². The number of sulfonamides is 1. The van der Waals surface area contributed by atoms with E-state index in [-0.39, 0.29) is 11.5 Å². The highest BCUT2D eigenvalue weighted by atomic mass is 32.2. The second-order valence-electron chi connectivity index (χ2n) is 8.10. The first kappa shape index (κ1) is 23.5. The van der Waals surface area contributed by atoms with Crippen molar-refractivity contribution < 1.29 is 22.3 Å². The van der Waals surface area contributed by atoms with E-state index in [9.17, 15) is 17.6 Å². The van der Waals surface area contributed by atoms with E-state index in [2.05, 4.69) is 4.72 Å². The van der Waals surface area contributed by atoms with Gasteiger partial charge in [0.05, 0.1) is 28.3 Å². The fraction of sp³-hybridized carbons (Fsp3) is 0.192. The molecule has 176 valence electrons. The van der Waals surface area contributed by atoms with E-state index in [4.69, 9.17) is 4.74 Å². The lowest BCUT2D eigenvalue weighted by Crippen LogP contribution is -2.14. The highest BCUT2D eigenvalue weighted by molar-refractivity contribution is 7.92. The third kappa shape index (κ3) is 4.28. The van der Waals surface area contributed by atoms with E-state index in [1.807, 2.05) is 48.7 Å². The summed E-state index contributed by atoms with van der Waals surface area (Å²) in [4.78, 5) is 12.8. The van der Waals surface area contributed by atoms with Gasteiger partial charge in [0.25, 0.3) is 10.0 Å². The zero-order valence-electron chi connectivity index (χ0n) is 19.3. The Morgan fingerprint density at radius 1 is 1.00 bits per heavy atom. The number of halogens is 1. The number of carbonyl (C=O) groups is 1. The molecule has 1 aromatic heterocycles. The standard InChI is InChI=1S/C26H25FN2O4S/c1-5-33-26(30)25-18(4)29(20-10-6-16(2)7-11-20)24-14-17(3)23(15-22(24)25)28-34(31,32)21-12-8-19(27)9-13-21/h6-15,28H,5H2,1-4H3. The number of carbonyl (C=O) groups excluding carboxylic acids is 1. The Hall–Kier alpha value is -3.65. The Morgan fingerprint density at radius 3 is 2.26 bits per heavy atom. The first-order valence-corrected chi connectivity index (χ1v) is 12.3. The van der Waals surface area contributed by atoms with Gasteiger partial charge in [-0.15, -0.1) is 0 Å². The van der Waals surface area contributed by atoms with Crippen molar-refractivity contribution in [1.82, 2.24) is 4.57 Å². The van der Waals surface area contributed by atoms with Crippen LogP contribution in [0.1, 0.15) is 34.1 Å². The number of rotatable bonds is 6. The van der Waals surface area contributed by atoms with Crippen molar-refractivity contribution in [2.45, 2.75) is 32.6 Å². The molecule has 0 amide bonds. The van der Waals surface area contributed by atoms with Crippen molar-refractivity contribution in [3.05, 3.63) is 88.9 Å². The summed E-state index contributed by atoms with van der Waals surface area (Å²) in [6.07, 6.45) is 0. The normalized spacial score (nSPS) is 11.6. The summed E-state index contributed by atoms with van der Waals surface area (Å²) >= 11 is 0. The minimum Gasteiger partial charge on any atom is -0.462 e. The molecule has 0 bridgehead atoms. The van der Waals surface area contributed by atoms with Gasteiger partial charge >= 0.3 is 5.97 Å². The highest BCUT2D eigenvalue weighted by Crippen LogP contribution is 2.34. The van der Waals surface area contributed by atoms with Crippen LogP contribution in [0.3, 0.4) is 0 Å². The second kappa shape index (κ2) is 8.95. The summed E-state index contributed by atoms with van der Waals surface area (Å²) in [7, 11) is -3.96. The number of aryl methyl sites for hydroxylation is 2. The van der Waals surface area contributed by atoms with Crippen LogP contribution in [0.4, 0.5) is 10.1 Å². The zero-order valence-corrected chi connectivity index (χ0v) is 20.2. The molecule has 0 aliphatic carbocycles. The predicted octanol–water partition coefficient (Wildman–Crippen LogP) is 5.67. The number of anilines is 1. The number of fused-ring (bicyclic) bond motifs is 1. The van der Waals surface area contributed by atoms with Gasteiger partial charge in [0.15, 0.2) is 0 Å². The first-order chi connectivity index (χ1) is 16.1. The molecule has 1 N–H and O–H groups in total. The minimum atomic E-state index is -3.96. The average molecular weight is 481 g/mol. The molecule has 0 aliphatic heterocycles. The van der Waals surface area contributed by atoms with Gasteiger partial charge in [-0.3, -0.25) is 4.72 Å². The Kier molecular flexibility index (Phi) is 6.18. The van der Waals surface area contributed by atoms with Gasteiger partial charge < -0.3 is 9.30 Å². The topological polar surface area (TPSA) is 77.4 Å². The maximum atomic E-state index is 13.3. The van der Waals surface area contributed by atoms with Crippen molar-refractivity contribution in [3.63, 3.8) is 0 Å². The van der Waals surface area contributed by atoms with E-state index >= 15 is 0 Å². The smallest absolute Gasteiger partial charge is 0.340 e. The molecule has 0 radical (unpaired) electrons. The molecule has 0 aliphatic rings. The number of benzene rings is 3. The van der Waals surface area contributed by atoms with Gasteiger partial charge in [-0.25, -0.2) is 17.6 Å². The van der Waals surface area contributed by atoms with E-state index in [1.54, 1.807) is 19.9 Å². The number of nitrogens with zero attached hydrogens (tertiary/aromatic N) is 1. The summed E-state index contributed by atoms with van der Waals surface area (Å²) in [5, 5.41) is 0.568. The fourth-order valence-electron chi connectivity index (χ4n) is 3.98. The quantitative estimate of drug-likeness (QED) is 0.361. The van der Waals surface area contributed by atoms with Crippen molar-refractivity contribution in [3.8, 4) is 5.69 Å². The number of hydrogen-bond donors (Lipinski definition) is 1. The van der Waals surface area contributed by atoms with Crippen LogP contribution in [0.15, 0.2) is 65.6 Å². The van der Waals surface area contributed by atoms with Gasteiger partial charge in [-0.05, 0) is 81.8 Å². The van der Waals surface area contributed by atoms with Crippen LogP contribution in [0.2, 0.25) is 0 Å². The second-order valence-corrected chi connectivity index (χ2v) is 9.78. The molecule has 0 fully saturated rings. The van der Waals surface area contributed by atoms with Crippen LogP contribution in [0, 0.1) is 26.6 Å². The summed E-state index contributed by atoms with van der Waals surface area (Å²) in [5.74, 6) is -1.00. The molecular formula is C26H25FN2O4S. The lowest BCUT2D eigenvalue weighted by atomic mass is 10.1. The van der Waals surface area contributed by atoms with Crippen LogP contribution in [-0.2, 0) is 14.8 Å². The lowest BCUT2D eigenvalue weighted by molar-refractivity contribution is 0.0527. The first-order valence-electron chi connectivity index (χ1n) is 10.8. The van der Waals surface area contributed by atoms with Gasteiger partial charge in [0.1, 0.15) is 5.82 Å². The van der Waals surface area contributed by atoms with Crippen molar-refractivity contribution >= 4 is 32.6 Å². The van der Waals surface area contributed by atoms with Gasteiger partial charge in [0, 0.05) is 16.8 Å². The summed E-state index contributed by atoms with van der Waals surface area (Å²) in [6.45, 7) is 7.57. The van der Waals surface area contributed by atoms with E-state index in [1.165, 1.54) is 12.1 Å². The Balaban J connectivity index is 1.90. The molecule has 1 heterocycles. The van der Waals surface area contributed by atoms with Crippen LogP contribution in [-0.4, -0.2) is 25.6 Å². The SMILES string of the molecule is CCOC(=O)c1c(C)n(-c2ccc(C)cc2)c2cc(C)c(NS(=O)(=O)c3ccc(F)cc3)cc12. The number of hydrogen-bond acceptors (Lipinski definition) is 4. The van der Waals surface area contributed by atoms with Crippen molar-refractivity contribution in [1.29, 1.82) is 0 Å². The molecule has 0 saturated carbocycles. The molecule has 3 aromatic carbocycles. The lowest BCUT2D eigenvalue weighted by Gasteiger charge is -2.13. The minimum absolute atomic E-state index is 0.0626. The summed E-state index contributed by atoms with van der Waals surface area (Å²) in [6, 6.07) is 16.0. The van der Waals surface area contributed by atoms with E-state index < -0.39 is 21.8 Å². The maximum absolute atomic E-state index is 13.3. The largest absolute Gasteiger partial charge is 0.462 e. The maximum Gasteiger partial charge on any atom is 0.340 e. The fourth-order valence-corrected chi connectivity index (χ4v) is 5.10. The van der Waals surface area contributed by atoms with Crippen molar-refractivity contribution in [2.24, 2.45) is 0 Å². The summed E-state index contributed by atoms with van der Waals surface area (Å²) < 4.78 is 49.0. The number of esters is 1. The molecule has 4 aromatic rings. The average Bonchev–Trinajstić information content (AvgIpc) is 3.05. The number of aromatic nitrogens is 1. The molecular weight excluding hydrogens is 455 g/mol. The molecule has 8 heteroatoms. The van der Waals surface area contributed by atoms with Crippen LogP contribution < -0.4 is 4.72 Å². The van der Waals surface area contributed by atoms with Crippen LogP contribution >= 0.6 is 0 Å². The Morgan fingerprint density at radius 2 is 1.65 bits per heavy atom. The van der Waals surface area contributed by atoms with E-state index in [0.29, 0.717) is 27.9 Å². The Bertz CT molecular complexity index is 1490. The van der Waals surface area contributed by atoms with Crippen LogP contribution in [0.25, 0.3) is 16.6 Å². The van der Waals surface area contributed by atoms with Gasteiger partial charge in [0.2, 0.25) is 0 Å². The van der Waals surface area contributed by atoms with Crippen molar-refractivity contribution in [2.75, 3.05) is 11.3 Å². The van der Waals surface area contributed by atoms with E-state index in [0.717, 1.165) is 28.9 Å². The van der Waals surface area contributed by atoms with Gasteiger partial charge in [-0.2, -0.15) is 0 Å². The summed E-state index contributed by atoms with van der Waals surface area (Å²) in [5.41, 5.74) is 4.80. The Labute approximate surface area is 198 Å². The monoisotopic (exact) mass is 480 g/mol. The molecule has 4 rings (SSSR count).